The number of aryl methyl sites for hydroxylation is 2. The number of imidazole rings is 1. The van der Waals surface area contributed by atoms with Crippen molar-refractivity contribution in [3.63, 3.8) is 0 Å². The molecule has 0 N–H and O–H groups in total. The SMILES string of the molecule is CC(=O)C[C@@H](C)[C@H](C)/C=C/c1n(C)cc[n+]1C. The number of aromatic nitrogens is 2. The molecule has 0 saturated heterocycles. The fourth-order valence-electron chi connectivity index (χ4n) is 1.90. The van der Waals surface area contributed by atoms with Crippen molar-refractivity contribution in [1.29, 1.82) is 0 Å². The summed E-state index contributed by atoms with van der Waals surface area (Å²) in [7, 11) is 4.06. The number of hydrogen-bond acceptors (Lipinski definition) is 1. The van der Waals surface area contributed by atoms with Gasteiger partial charge in [-0.2, -0.15) is 0 Å². The summed E-state index contributed by atoms with van der Waals surface area (Å²) in [4.78, 5) is 11.1. The van der Waals surface area contributed by atoms with Crippen molar-refractivity contribution in [2.45, 2.75) is 27.2 Å². The van der Waals surface area contributed by atoms with Crippen LogP contribution in [-0.2, 0) is 18.9 Å². The third-order valence-corrected chi connectivity index (χ3v) is 3.29. The van der Waals surface area contributed by atoms with Crippen LogP contribution < -0.4 is 4.57 Å². The summed E-state index contributed by atoms with van der Waals surface area (Å²) < 4.78 is 4.16. The van der Waals surface area contributed by atoms with E-state index in [-0.39, 0.29) is 5.78 Å². The number of rotatable bonds is 5. The summed E-state index contributed by atoms with van der Waals surface area (Å²) in [6, 6.07) is 0. The second kappa shape index (κ2) is 5.80. The first-order valence-corrected chi connectivity index (χ1v) is 6.10. The van der Waals surface area contributed by atoms with Crippen LogP contribution in [0.2, 0.25) is 0 Å². The highest BCUT2D eigenvalue weighted by Crippen LogP contribution is 2.17. The third kappa shape index (κ3) is 3.84. The van der Waals surface area contributed by atoms with Gasteiger partial charge in [0.2, 0.25) is 0 Å². The van der Waals surface area contributed by atoms with Crippen molar-refractivity contribution in [3.05, 3.63) is 24.3 Å². The summed E-state index contributed by atoms with van der Waals surface area (Å²) in [5, 5.41) is 0. The van der Waals surface area contributed by atoms with Gasteiger partial charge in [0.15, 0.2) is 0 Å². The van der Waals surface area contributed by atoms with E-state index < -0.39 is 0 Å². The molecule has 0 amide bonds. The van der Waals surface area contributed by atoms with E-state index in [1.807, 2.05) is 26.5 Å². The van der Waals surface area contributed by atoms with Gasteiger partial charge in [-0.05, 0) is 18.8 Å². The Hall–Kier alpha value is -1.38. The molecule has 0 aliphatic rings. The first-order chi connectivity index (χ1) is 7.91. The van der Waals surface area contributed by atoms with Crippen molar-refractivity contribution < 1.29 is 9.36 Å². The van der Waals surface area contributed by atoms with Gasteiger partial charge in [-0.3, -0.25) is 0 Å². The predicted octanol–water partition coefficient (Wildman–Crippen LogP) is 2.11. The van der Waals surface area contributed by atoms with Gasteiger partial charge in [-0.15, -0.1) is 0 Å². The zero-order valence-electron chi connectivity index (χ0n) is 11.5. The van der Waals surface area contributed by atoms with Gasteiger partial charge in [0.1, 0.15) is 18.2 Å². The van der Waals surface area contributed by atoms with Crippen LogP contribution in [0.25, 0.3) is 6.08 Å². The normalized spacial score (nSPS) is 15.1. The molecule has 0 aliphatic heterocycles. The fraction of sp³-hybridized carbons (Fsp3) is 0.571. The Balaban J connectivity index is 2.68. The monoisotopic (exact) mass is 235 g/mol. The maximum absolute atomic E-state index is 11.1. The number of carbonyl (C=O) groups excluding carboxylic acids is 1. The van der Waals surface area contributed by atoms with Gasteiger partial charge in [-0.25, -0.2) is 9.13 Å². The Bertz CT molecular complexity index is 398. The minimum atomic E-state index is 0.266. The summed E-state index contributed by atoms with van der Waals surface area (Å²) in [5.41, 5.74) is 0. The Morgan fingerprint density at radius 1 is 1.53 bits per heavy atom. The molecule has 1 rings (SSSR count). The van der Waals surface area contributed by atoms with Gasteiger partial charge in [0.25, 0.3) is 5.82 Å². The van der Waals surface area contributed by atoms with E-state index in [2.05, 4.69) is 35.1 Å². The molecule has 0 unspecified atom stereocenters. The van der Waals surface area contributed by atoms with Crippen LogP contribution in [0.4, 0.5) is 0 Å². The van der Waals surface area contributed by atoms with Gasteiger partial charge in [0, 0.05) is 12.5 Å². The summed E-state index contributed by atoms with van der Waals surface area (Å²) in [5.74, 6) is 2.23. The molecule has 0 radical (unpaired) electrons. The number of hydrogen-bond donors (Lipinski definition) is 0. The average molecular weight is 235 g/mol. The number of nitrogens with zero attached hydrogens (tertiary/aromatic N) is 2. The van der Waals surface area contributed by atoms with Crippen LogP contribution in [-0.4, -0.2) is 10.4 Å². The molecule has 2 atom stereocenters. The highest BCUT2D eigenvalue weighted by molar-refractivity contribution is 5.75. The summed E-state index contributed by atoms with van der Waals surface area (Å²) >= 11 is 0. The summed E-state index contributed by atoms with van der Waals surface area (Å²) in [6.07, 6.45) is 9.03. The molecule has 3 heteroatoms. The van der Waals surface area contributed by atoms with Gasteiger partial charge >= 0.3 is 0 Å². The van der Waals surface area contributed by atoms with Crippen LogP contribution in [0.1, 0.15) is 33.0 Å². The van der Waals surface area contributed by atoms with E-state index in [0.29, 0.717) is 18.3 Å². The Morgan fingerprint density at radius 2 is 2.18 bits per heavy atom. The molecular formula is C14H23N2O+. The van der Waals surface area contributed by atoms with Gasteiger partial charge in [-0.1, -0.05) is 19.9 Å². The highest BCUT2D eigenvalue weighted by atomic mass is 16.1. The van der Waals surface area contributed by atoms with E-state index in [1.165, 1.54) is 0 Å². The lowest BCUT2D eigenvalue weighted by atomic mass is 9.91. The van der Waals surface area contributed by atoms with Crippen molar-refractivity contribution in [1.82, 2.24) is 4.57 Å². The predicted molar refractivity (Wildman–Crippen MR) is 69.2 cm³/mol. The van der Waals surface area contributed by atoms with Crippen LogP contribution in [0.5, 0.6) is 0 Å². The number of allylic oxidation sites excluding steroid dienone is 1. The van der Waals surface area contributed by atoms with E-state index in [0.717, 1.165) is 5.82 Å². The maximum atomic E-state index is 11.1. The molecule has 0 aliphatic carbocycles. The van der Waals surface area contributed by atoms with Crippen LogP contribution in [0.3, 0.4) is 0 Å². The lowest BCUT2D eigenvalue weighted by Crippen LogP contribution is -2.29. The smallest absolute Gasteiger partial charge is 0.280 e. The van der Waals surface area contributed by atoms with Crippen LogP contribution in [0, 0.1) is 11.8 Å². The average Bonchev–Trinajstić information content (AvgIpc) is 2.54. The Kier molecular flexibility index (Phi) is 4.67. The highest BCUT2D eigenvalue weighted by Gasteiger charge is 2.13. The molecule has 1 aromatic rings. The zero-order chi connectivity index (χ0) is 13.0. The number of carbonyl (C=O) groups is 1. The van der Waals surface area contributed by atoms with E-state index in [4.69, 9.17) is 0 Å². The molecular weight excluding hydrogens is 212 g/mol. The molecule has 1 aromatic heterocycles. The first-order valence-electron chi connectivity index (χ1n) is 6.10. The van der Waals surface area contributed by atoms with Crippen molar-refractivity contribution in [2.24, 2.45) is 25.9 Å². The molecule has 0 spiro atoms. The fourth-order valence-corrected chi connectivity index (χ4v) is 1.90. The molecule has 0 fully saturated rings. The third-order valence-electron chi connectivity index (χ3n) is 3.29. The molecule has 3 nitrogen and oxygen atoms in total. The second-order valence-electron chi connectivity index (χ2n) is 4.98. The van der Waals surface area contributed by atoms with Crippen LogP contribution >= 0.6 is 0 Å². The van der Waals surface area contributed by atoms with Crippen molar-refractivity contribution in [2.75, 3.05) is 0 Å². The Morgan fingerprint density at radius 3 is 2.65 bits per heavy atom. The van der Waals surface area contributed by atoms with Crippen LogP contribution in [0.15, 0.2) is 18.5 Å². The second-order valence-corrected chi connectivity index (χ2v) is 4.98. The minimum absolute atomic E-state index is 0.266. The number of ketones is 1. The largest absolute Gasteiger partial charge is 0.300 e. The van der Waals surface area contributed by atoms with E-state index in [9.17, 15) is 4.79 Å². The molecule has 0 saturated carbocycles. The zero-order valence-corrected chi connectivity index (χ0v) is 11.5. The standard InChI is InChI=1S/C14H23N2O/c1-11(12(2)10-13(3)17)6-7-14-15(4)8-9-16(14)5/h6-9,11-12H,10H2,1-5H3/q+1/b7-6+/t11-,12-/m1/s1. The molecule has 94 valence electrons. The van der Waals surface area contributed by atoms with Crippen molar-refractivity contribution >= 4 is 11.9 Å². The summed E-state index contributed by atoms with van der Waals surface area (Å²) in [6.45, 7) is 5.94. The van der Waals surface area contributed by atoms with E-state index in [1.54, 1.807) is 6.92 Å². The number of Topliss-reactive ketones (excluding diaryl/α,β-unsaturated/α-hetero) is 1. The van der Waals surface area contributed by atoms with Gasteiger partial charge < -0.3 is 4.79 Å². The first kappa shape index (κ1) is 13.7. The molecule has 0 bridgehead atoms. The van der Waals surface area contributed by atoms with E-state index >= 15 is 0 Å². The van der Waals surface area contributed by atoms with Gasteiger partial charge in [0.05, 0.1) is 14.1 Å². The molecule has 17 heavy (non-hydrogen) atoms. The molecule has 0 aromatic carbocycles. The Labute approximate surface area is 104 Å². The minimum Gasteiger partial charge on any atom is -0.300 e. The maximum Gasteiger partial charge on any atom is 0.280 e. The lowest BCUT2D eigenvalue weighted by Gasteiger charge is -2.14. The van der Waals surface area contributed by atoms with Crippen molar-refractivity contribution in [3.8, 4) is 0 Å². The topological polar surface area (TPSA) is 25.9 Å². The molecule has 1 heterocycles. The lowest BCUT2D eigenvalue weighted by molar-refractivity contribution is -0.672. The quantitative estimate of drug-likeness (QED) is 0.718.